The molecule has 0 radical (unpaired) electrons. The molecule has 126 valence electrons. The summed E-state index contributed by atoms with van der Waals surface area (Å²) in [6.45, 7) is 5.05. The minimum absolute atomic E-state index is 0.149. The molecule has 1 N–H and O–H groups in total. The van der Waals surface area contributed by atoms with Gasteiger partial charge in [-0.25, -0.2) is 4.79 Å². The van der Waals surface area contributed by atoms with E-state index in [0.717, 1.165) is 13.1 Å². The van der Waals surface area contributed by atoms with Gasteiger partial charge in [-0.3, -0.25) is 0 Å². The lowest BCUT2D eigenvalue weighted by molar-refractivity contribution is 0.208. The second-order valence-electron chi connectivity index (χ2n) is 5.79. The fraction of sp³-hybridized carbons (Fsp3) is 0.278. The molecule has 0 aliphatic carbocycles. The van der Waals surface area contributed by atoms with Crippen LogP contribution in [0.1, 0.15) is 5.56 Å². The number of hydrogen-bond acceptors (Lipinski definition) is 2. The number of para-hydroxylation sites is 1. The van der Waals surface area contributed by atoms with Gasteiger partial charge in [0.1, 0.15) is 0 Å². The van der Waals surface area contributed by atoms with Gasteiger partial charge in [0, 0.05) is 31.9 Å². The van der Waals surface area contributed by atoms with Crippen molar-refractivity contribution in [2.75, 3.05) is 36.4 Å². The van der Waals surface area contributed by atoms with Crippen LogP contribution in [-0.4, -0.2) is 37.1 Å². The van der Waals surface area contributed by atoms with E-state index in [-0.39, 0.29) is 6.03 Å². The molecule has 4 nitrogen and oxygen atoms in total. The molecular formula is C18H19Cl2N3O. The summed E-state index contributed by atoms with van der Waals surface area (Å²) >= 11 is 12.1. The van der Waals surface area contributed by atoms with Crippen LogP contribution in [0.3, 0.4) is 0 Å². The maximum absolute atomic E-state index is 12.4. The van der Waals surface area contributed by atoms with Crippen molar-refractivity contribution in [3.05, 3.63) is 58.1 Å². The fourth-order valence-electron chi connectivity index (χ4n) is 2.86. The number of halogens is 2. The van der Waals surface area contributed by atoms with Crippen molar-refractivity contribution in [3.63, 3.8) is 0 Å². The van der Waals surface area contributed by atoms with Crippen molar-refractivity contribution in [3.8, 4) is 0 Å². The van der Waals surface area contributed by atoms with Crippen LogP contribution in [0.2, 0.25) is 10.0 Å². The zero-order valence-corrected chi connectivity index (χ0v) is 14.9. The Morgan fingerprint density at radius 1 is 1.00 bits per heavy atom. The molecule has 1 aliphatic rings. The second-order valence-corrected chi connectivity index (χ2v) is 6.58. The number of nitrogens with zero attached hydrogens (tertiary/aromatic N) is 2. The highest BCUT2D eigenvalue weighted by atomic mass is 35.5. The maximum atomic E-state index is 12.4. The molecule has 0 atom stereocenters. The molecule has 1 fully saturated rings. The van der Waals surface area contributed by atoms with Crippen molar-refractivity contribution in [2.24, 2.45) is 0 Å². The molecule has 6 heteroatoms. The zero-order valence-electron chi connectivity index (χ0n) is 13.4. The topological polar surface area (TPSA) is 35.6 Å². The third-order valence-electron chi connectivity index (χ3n) is 4.22. The summed E-state index contributed by atoms with van der Waals surface area (Å²) in [6, 6.07) is 13.4. The maximum Gasteiger partial charge on any atom is 0.322 e. The summed E-state index contributed by atoms with van der Waals surface area (Å²) in [7, 11) is 0. The highest BCUT2D eigenvalue weighted by Crippen LogP contribution is 2.30. The van der Waals surface area contributed by atoms with Crippen LogP contribution in [0, 0.1) is 6.92 Å². The van der Waals surface area contributed by atoms with E-state index in [4.69, 9.17) is 23.2 Å². The first-order chi connectivity index (χ1) is 11.6. The molecule has 1 heterocycles. The van der Waals surface area contributed by atoms with E-state index < -0.39 is 0 Å². The van der Waals surface area contributed by atoms with E-state index in [1.807, 2.05) is 12.1 Å². The quantitative estimate of drug-likeness (QED) is 0.842. The number of anilines is 2. The Morgan fingerprint density at radius 3 is 2.42 bits per heavy atom. The normalized spacial score (nSPS) is 14.6. The average molecular weight is 364 g/mol. The van der Waals surface area contributed by atoms with Gasteiger partial charge >= 0.3 is 6.03 Å². The molecule has 3 rings (SSSR count). The summed E-state index contributed by atoms with van der Waals surface area (Å²) in [5, 5.41) is 3.64. The zero-order chi connectivity index (χ0) is 17.1. The Bertz CT molecular complexity index is 743. The average Bonchev–Trinajstić information content (AvgIpc) is 2.59. The number of amides is 2. The number of benzene rings is 2. The number of hydrogen-bond donors (Lipinski definition) is 1. The number of rotatable bonds is 2. The van der Waals surface area contributed by atoms with E-state index in [0.29, 0.717) is 28.8 Å². The summed E-state index contributed by atoms with van der Waals surface area (Å²) in [5.41, 5.74) is 3.02. The van der Waals surface area contributed by atoms with Crippen LogP contribution in [-0.2, 0) is 0 Å². The first kappa shape index (κ1) is 16.9. The third-order valence-corrected chi connectivity index (χ3v) is 5.04. The largest absolute Gasteiger partial charge is 0.368 e. The molecule has 0 aromatic heterocycles. The lowest BCUT2D eigenvalue weighted by Crippen LogP contribution is -2.50. The summed E-state index contributed by atoms with van der Waals surface area (Å²) < 4.78 is 0. The molecule has 0 bridgehead atoms. The van der Waals surface area contributed by atoms with E-state index in [9.17, 15) is 4.79 Å². The van der Waals surface area contributed by atoms with Crippen molar-refractivity contribution in [1.82, 2.24) is 4.90 Å². The summed E-state index contributed by atoms with van der Waals surface area (Å²) in [4.78, 5) is 16.5. The van der Waals surface area contributed by atoms with Crippen molar-refractivity contribution in [1.29, 1.82) is 0 Å². The Hall–Kier alpha value is -1.91. The number of nitrogens with one attached hydrogen (secondary N) is 1. The molecule has 2 aromatic carbocycles. The Kier molecular flexibility index (Phi) is 5.17. The van der Waals surface area contributed by atoms with Gasteiger partial charge in [-0.05, 0) is 30.7 Å². The van der Waals surface area contributed by atoms with Crippen LogP contribution in [0.25, 0.3) is 0 Å². The van der Waals surface area contributed by atoms with Gasteiger partial charge in [-0.1, -0.05) is 47.5 Å². The first-order valence-corrected chi connectivity index (χ1v) is 8.62. The number of aryl methyl sites for hydroxylation is 1. The summed E-state index contributed by atoms with van der Waals surface area (Å²) in [5.74, 6) is 0. The minimum Gasteiger partial charge on any atom is -0.368 e. The van der Waals surface area contributed by atoms with E-state index >= 15 is 0 Å². The van der Waals surface area contributed by atoms with Gasteiger partial charge in [0.05, 0.1) is 15.7 Å². The standard InChI is InChI=1S/C18H19Cl2N3O/c1-13-5-2-3-8-16(13)22-9-11-23(12-10-22)18(24)21-15-7-4-6-14(19)17(15)20/h2-8H,9-12H2,1H3,(H,21,24). The van der Waals surface area contributed by atoms with Gasteiger partial charge in [0.15, 0.2) is 0 Å². The van der Waals surface area contributed by atoms with Crippen molar-refractivity contribution >= 4 is 40.6 Å². The lowest BCUT2D eigenvalue weighted by atomic mass is 10.1. The molecule has 2 aromatic rings. The third kappa shape index (κ3) is 3.60. The molecule has 0 saturated carbocycles. The second kappa shape index (κ2) is 7.32. The predicted molar refractivity (Wildman–Crippen MR) is 100 cm³/mol. The monoisotopic (exact) mass is 363 g/mol. The van der Waals surface area contributed by atoms with Crippen LogP contribution in [0.4, 0.5) is 16.2 Å². The smallest absolute Gasteiger partial charge is 0.322 e. The predicted octanol–water partition coefficient (Wildman–Crippen LogP) is 4.66. The first-order valence-electron chi connectivity index (χ1n) is 7.87. The summed E-state index contributed by atoms with van der Waals surface area (Å²) in [6.07, 6.45) is 0. The van der Waals surface area contributed by atoms with Crippen LogP contribution < -0.4 is 10.2 Å². The van der Waals surface area contributed by atoms with Gasteiger partial charge in [0.25, 0.3) is 0 Å². The molecule has 2 amide bonds. The fourth-order valence-corrected chi connectivity index (χ4v) is 3.21. The van der Waals surface area contributed by atoms with Crippen LogP contribution in [0.5, 0.6) is 0 Å². The van der Waals surface area contributed by atoms with E-state index in [1.165, 1.54) is 11.3 Å². The van der Waals surface area contributed by atoms with Gasteiger partial charge in [-0.2, -0.15) is 0 Å². The Balaban J connectivity index is 1.61. The number of carbonyl (C=O) groups is 1. The number of piperazine rings is 1. The Labute approximate surface area is 152 Å². The lowest BCUT2D eigenvalue weighted by Gasteiger charge is -2.36. The molecular weight excluding hydrogens is 345 g/mol. The van der Waals surface area contributed by atoms with E-state index in [1.54, 1.807) is 23.1 Å². The highest BCUT2D eigenvalue weighted by molar-refractivity contribution is 6.43. The molecule has 0 unspecified atom stereocenters. The van der Waals surface area contributed by atoms with Crippen molar-refractivity contribution in [2.45, 2.75) is 6.92 Å². The molecule has 1 aliphatic heterocycles. The number of urea groups is 1. The van der Waals surface area contributed by atoms with Gasteiger partial charge < -0.3 is 15.1 Å². The Morgan fingerprint density at radius 2 is 1.71 bits per heavy atom. The SMILES string of the molecule is Cc1ccccc1N1CCN(C(=O)Nc2cccc(Cl)c2Cl)CC1. The van der Waals surface area contributed by atoms with Gasteiger partial charge in [-0.15, -0.1) is 0 Å². The number of carbonyl (C=O) groups excluding carboxylic acids is 1. The molecule has 1 saturated heterocycles. The highest BCUT2D eigenvalue weighted by Gasteiger charge is 2.22. The van der Waals surface area contributed by atoms with E-state index in [2.05, 4.69) is 29.3 Å². The van der Waals surface area contributed by atoms with Crippen molar-refractivity contribution < 1.29 is 4.79 Å². The minimum atomic E-state index is -0.149. The van der Waals surface area contributed by atoms with Crippen LogP contribution >= 0.6 is 23.2 Å². The van der Waals surface area contributed by atoms with Crippen LogP contribution in [0.15, 0.2) is 42.5 Å². The molecule has 24 heavy (non-hydrogen) atoms. The van der Waals surface area contributed by atoms with Gasteiger partial charge in [0.2, 0.25) is 0 Å². The molecule has 0 spiro atoms.